The minimum absolute atomic E-state index is 0.164. The monoisotopic (exact) mass is 446 g/mol. The van der Waals surface area contributed by atoms with Gasteiger partial charge >= 0.3 is 0 Å². The van der Waals surface area contributed by atoms with E-state index >= 15 is 0 Å². The van der Waals surface area contributed by atoms with Gasteiger partial charge in [0, 0.05) is 10.7 Å². The molecule has 0 bridgehead atoms. The summed E-state index contributed by atoms with van der Waals surface area (Å²) in [6.07, 6.45) is 0. The van der Waals surface area contributed by atoms with E-state index in [9.17, 15) is 9.59 Å². The third-order valence-electron chi connectivity index (χ3n) is 5.45. The zero-order chi connectivity index (χ0) is 22.8. The molecule has 0 saturated carbocycles. The fourth-order valence-electron chi connectivity index (χ4n) is 3.55. The lowest BCUT2D eigenvalue weighted by Gasteiger charge is -2.16. The number of hydrogen-bond donors (Lipinski definition) is 1. The lowest BCUT2D eigenvalue weighted by molar-refractivity contribution is -0.137. The molecule has 1 aliphatic heterocycles. The average Bonchev–Trinajstić information content (AvgIpc) is 3.01. The van der Waals surface area contributed by atoms with E-state index in [1.54, 1.807) is 13.2 Å². The molecular weight excluding hydrogens is 424 g/mol. The zero-order valence-corrected chi connectivity index (χ0v) is 18.9. The predicted molar refractivity (Wildman–Crippen MR) is 126 cm³/mol. The van der Waals surface area contributed by atoms with Crippen LogP contribution in [0.3, 0.4) is 0 Å². The number of anilines is 1. The number of ether oxygens (including phenoxy) is 1. The normalized spacial score (nSPS) is 13.7. The average molecular weight is 447 g/mol. The van der Waals surface area contributed by atoms with Gasteiger partial charge in [-0.1, -0.05) is 59.6 Å². The summed E-state index contributed by atoms with van der Waals surface area (Å²) < 4.78 is 5.19. The molecule has 1 heterocycles. The van der Waals surface area contributed by atoms with Crippen LogP contribution in [0, 0.1) is 13.8 Å². The first-order valence-corrected chi connectivity index (χ1v) is 10.6. The van der Waals surface area contributed by atoms with E-state index in [-0.39, 0.29) is 24.1 Å². The second-order valence-electron chi connectivity index (χ2n) is 7.75. The van der Waals surface area contributed by atoms with Crippen molar-refractivity contribution in [2.45, 2.75) is 20.4 Å². The van der Waals surface area contributed by atoms with Gasteiger partial charge in [0.2, 0.25) is 0 Å². The number of amides is 2. The molecule has 3 aromatic rings. The van der Waals surface area contributed by atoms with E-state index in [0.717, 1.165) is 16.7 Å². The van der Waals surface area contributed by atoms with Crippen LogP contribution in [0.2, 0.25) is 5.02 Å². The van der Waals surface area contributed by atoms with Gasteiger partial charge in [-0.25, -0.2) is 0 Å². The lowest BCUT2D eigenvalue weighted by Crippen LogP contribution is -2.32. The first-order valence-electron chi connectivity index (χ1n) is 10.2. The minimum atomic E-state index is -0.377. The van der Waals surface area contributed by atoms with Crippen LogP contribution >= 0.6 is 11.6 Å². The minimum Gasteiger partial charge on any atom is -0.497 e. The molecule has 0 spiro atoms. The predicted octanol–water partition coefficient (Wildman–Crippen LogP) is 5.36. The number of carbonyl (C=O) groups is 2. The molecule has 0 radical (unpaired) electrons. The van der Waals surface area contributed by atoms with Crippen LogP contribution in [0.5, 0.6) is 5.75 Å². The number of benzene rings is 3. The van der Waals surface area contributed by atoms with E-state index in [4.69, 9.17) is 16.3 Å². The van der Waals surface area contributed by atoms with E-state index in [2.05, 4.69) is 5.32 Å². The van der Waals surface area contributed by atoms with Gasteiger partial charge in [0.05, 0.1) is 19.2 Å². The number of nitrogens with one attached hydrogen (secondary N) is 1. The van der Waals surface area contributed by atoms with Gasteiger partial charge in [-0.15, -0.1) is 0 Å². The summed E-state index contributed by atoms with van der Waals surface area (Å²) in [7, 11) is 1.59. The van der Waals surface area contributed by atoms with Crippen LogP contribution in [0.1, 0.15) is 22.3 Å². The Morgan fingerprint density at radius 3 is 2.22 bits per heavy atom. The molecule has 1 aliphatic rings. The van der Waals surface area contributed by atoms with E-state index < -0.39 is 0 Å². The summed E-state index contributed by atoms with van der Waals surface area (Å²) in [4.78, 5) is 28.0. The Bertz CT molecular complexity index is 1210. The molecule has 0 aromatic heterocycles. The number of imide groups is 1. The first-order chi connectivity index (χ1) is 15.4. The van der Waals surface area contributed by atoms with Gasteiger partial charge in [0.15, 0.2) is 0 Å². The van der Waals surface area contributed by atoms with Crippen molar-refractivity contribution in [2.24, 2.45) is 0 Å². The number of nitrogens with zero attached hydrogens (tertiary/aromatic N) is 1. The lowest BCUT2D eigenvalue weighted by atomic mass is 10.0. The quantitative estimate of drug-likeness (QED) is 0.518. The molecule has 2 amide bonds. The highest BCUT2D eigenvalue weighted by molar-refractivity contribution is 6.36. The van der Waals surface area contributed by atoms with E-state index in [1.165, 1.54) is 4.90 Å². The highest BCUT2D eigenvalue weighted by Gasteiger charge is 2.39. The van der Waals surface area contributed by atoms with E-state index in [1.807, 2.05) is 74.5 Å². The smallest absolute Gasteiger partial charge is 0.278 e. The maximum atomic E-state index is 13.4. The summed E-state index contributed by atoms with van der Waals surface area (Å²) >= 11 is 6.27. The maximum absolute atomic E-state index is 13.4. The van der Waals surface area contributed by atoms with Crippen molar-refractivity contribution in [1.29, 1.82) is 0 Å². The molecule has 0 saturated heterocycles. The van der Waals surface area contributed by atoms with Crippen molar-refractivity contribution in [2.75, 3.05) is 12.4 Å². The standard InChI is InChI=1S/C26H23ClN2O3/c1-16-4-9-19(10-5-16)23-24(28-20-11-6-17(2)22(27)14-20)26(31)29(25(23)30)15-18-7-12-21(32-3)13-8-18/h4-14,28H,15H2,1-3H3. The molecule has 162 valence electrons. The zero-order valence-electron chi connectivity index (χ0n) is 18.1. The van der Waals surface area contributed by atoms with Crippen LogP contribution in [0.15, 0.2) is 72.4 Å². The highest BCUT2D eigenvalue weighted by atomic mass is 35.5. The molecule has 0 atom stereocenters. The van der Waals surface area contributed by atoms with E-state index in [0.29, 0.717) is 27.6 Å². The molecular formula is C26H23ClN2O3. The maximum Gasteiger partial charge on any atom is 0.278 e. The second kappa shape index (κ2) is 8.89. The van der Waals surface area contributed by atoms with Crippen LogP contribution < -0.4 is 10.1 Å². The van der Waals surface area contributed by atoms with Crippen molar-refractivity contribution >= 4 is 34.7 Å². The summed E-state index contributed by atoms with van der Waals surface area (Å²) in [5.74, 6) is -0.00151. The van der Waals surface area contributed by atoms with Gasteiger partial charge in [0.1, 0.15) is 11.4 Å². The first kappa shape index (κ1) is 21.7. The molecule has 6 heteroatoms. The fraction of sp³-hybridized carbons (Fsp3) is 0.154. The molecule has 3 aromatic carbocycles. The Labute approximate surface area is 192 Å². The number of methoxy groups -OCH3 is 1. The molecule has 5 nitrogen and oxygen atoms in total. The third-order valence-corrected chi connectivity index (χ3v) is 5.86. The summed E-state index contributed by atoms with van der Waals surface area (Å²) in [5.41, 5.74) is 4.75. The van der Waals surface area contributed by atoms with Crippen molar-refractivity contribution < 1.29 is 14.3 Å². The number of carbonyl (C=O) groups excluding carboxylic acids is 2. The van der Waals surface area contributed by atoms with Crippen LogP contribution in [0.25, 0.3) is 5.57 Å². The fourth-order valence-corrected chi connectivity index (χ4v) is 3.73. The Morgan fingerprint density at radius 1 is 0.906 bits per heavy atom. The molecule has 0 unspecified atom stereocenters. The number of rotatable bonds is 6. The van der Waals surface area contributed by atoms with Crippen molar-refractivity contribution in [3.63, 3.8) is 0 Å². The number of aryl methyl sites for hydroxylation is 2. The SMILES string of the molecule is COc1ccc(CN2C(=O)C(Nc3ccc(C)c(Cl)c3)=C(c3ccc(C)cc3)C2=O)cc1. The number of halogens is 1. The van der Waals surface area contributed by atoms with Gasteiger partial charge in [-0.2, -0.15) is 0 Å². The van der Waals surface area contributed by atoms with Crippen LogP contribution in [-0.2, 0) is 16.1 Å². The van der Waals surface area contributed by atoms with Gasteiger partial charge in [-0.3, -0.25) is 14.5 Å². The topological polar surface area (TPSA) is 58.6 Å². The summed E-state index contributed by atoms with van der Waals surface area (Å²) in [5, 5.41) is 3.73. The third kappa shape index (κ3) is 4.25. The van der Waals surface area contributed by atoms with Crippen LogP contribution in [0.4, 0.5) is 5.69 Å². The van der Waals surface area contributed by atoms with Crippen molar-refractivity contribution in [3.8, 4) is 5.75 Å². The molecule has 0 aliphatic carbocycles. The molecule has 1 N–H and O–H groups in total. The summed E-state index contributed by atoms with van der Waals surface area (Å²) in [6.45, 7) is 4.05. The summed E-state index contributed by atoms with van der Waals surface area (Å²) in [6, 6.07) is 20.3. The van der Waals surface area contributed by atoms with Gasteiger partial charge < -0.3 is 10.1 Å². The van der Waals surface area contributed by atoms with Gasteiger partial charge in [-0.05, 0) is 54.8 Å². The van der Waals surface area contributed by atoms with Crippen molar-refractivity contribution in [3.05, 3.63) is 99.7 Å². The highest BCUT2D eigenvalue weighted by Crippen LogP contribution is 2.32. The van der Waals surface area contributed by atoms with Crippen molar-refractivity contribution in [1.82, 2.24) is 4.90 Å². The van der Waals surface area contributed by atoms with Crippen LogP contribution in [-0.4, -0.2) is 23.8 Å². The number of hydrogen-bond acceptors (Lipinski definition) is 4. The molecule has 0 fully saturated rings. The van der Waals surface area contributed by atoms with Gasteiger partial charge in [0.25, 0.3) is 11.8 Å². The second-order valence-corrected chi connectivity index (χ2v) is 8.16. The Kier molecular flexibility index (Phi) is 6.01. The Morgan fingerprint density at radius 2 is 1.59 bits per heavy atom. The molecule has 32 heavy (non-hydrogen) atoms. The largest absolute Gasteiger partial charge is 0.497 e. The molecule has 4 rings (SSSR count). The Balaban J connectivity index is 1.71. The Hall–Kier alpha value is -3.57.